The lowest BCUT2D eigenvalue weighted by Gasteiger charge is -2.26. The fraction of sp³-hybridized carbons (Fsp3) is 0.273. The zero-order valence-corrected chi connectivity index (χ0v) is 19.2. The van der Waals surface area contributed by atoms with Crippen LogP contribution in [0.2, 0.25) is 0 Å². The maximum Gasteiger partial charge on any atom is 0.313 e. The molecule has 4 N–H and O–H groups in total. The fourth-order valence-electron chi connectivity index (χ4n) is 3.05. The van der Waals surface area contributed by atoms with E-state index >= 15 is 0 Å². The number of nitrogens with zero attached hydrogens (tertiary/aromatic N) is 2. The first-order valence-corrected chi connectivity index (χ1v) is 12.1. The van der Waals surface area contributed by atoms with Crippen LogP contribution < -0.4 is 20.7 Å². The number of benzene rings is 1. The molecule has 0 atom stereocenters. The van der Waals surface area contributed by atoms with E-state index in [9.17, 15) is 22.8 Å². The van der Waals surface area contributed by atoms with Gasteiger partial charge in [-0.15, -0.1) is 0 Å². The van der Waals surface area contributed by atoms with Gasteiger partial charge in [-0.1, -0.05) is 6.07 Å². The Bertz CT molecular complexity index is 1130. The zero-order chi connectivity index (χ0) is 24.4. The predicted octanol–water partition coefficient (Wildman–Crippen LogP) is -0.228. The molecule has 0 radical (unpaired) electrons. The van der Waals surface area contributed by atoms with Gasteiger partial charge < -0.3 is 16.0 Å². The molecule has 1 aliphatic heterocycles. The molecule has 2 heterocycles. The van der Waals surface area contributed by atoms with E-state index in [4.69, 9.17) is 0 Å². The van der Waals surface area contributed by atoms with Crippen LogP contribution in [-0.4, -0.2) is 74.6 Å². The van der Waals surface area contributed by atoms with Crippen LogP contribution in [0.25, 0.3) is 6.08 Å². The first kappa shape index (κ1) is 25.2. The van der Waals surface area contributed by atoms with Gasteiger partial charge >= 0.3 is 11.8 Å². The number of hydrogen-bond donors (Lipinski definition) is 4. The monoisotopic (exact) mass is 486 g/mol. The van der Waals surface area contributed by atoms with E-state index in [1.54, 1.807) is 24.4 Å². The van der Waals surface area contributed by atoms with Crippen LogP contribution in [0.4, 0.5) is 5.69 Å². The summed E-state index contributed by atoms with van der Waals surface area (Å²) in [5.74, 6) is -2.04. The number of allylic oxidation sites excluding steroid dienone is 1. The number of aromatic nitrogens is 1. The second kappa shape index (κ2) is 12.1. The molecule has 180 valence electrons. The number of nitrogens with one attached hydrogen (secondary N) is 4. The van der Waals surface area contributed by atoms with Crippen LogP contribution in [0.5, 0.6) is 0 Å². The molecule has 2 aromatic rings. The first-order valence-electron chi connectivity index (χ1n) is 10.6. The van der Waals surface area contributed by atoms with Crippen LogP contribution in [-0.2, 0) is 19.8 Å². The van der Waals surface area contributed by atoms with Crippen LogP contribution in [0.1, 0.15) is 16.1 Å². The van der Waals surface area contributed by atoms with E-state index in [0.717, 1.165) is 0 Å². The van der Waals surface area contributed by atoms with Crippen LogP contribution in [0, 0.1) is 0 Å². The summed E-state index contributed by atoms with van der Waals surface area (Å²) in [6, 6.07) is 11.4. The van der Waals surface area contributed by atoms with Crippen molar-refractivity contribution in [1.82, 2.24) is 24.6 Å². The number of rotatable bonds is 9. The van der Waals surface area contributed by atoms with Gasteiger partial charge in [-0.2, -0.15) is 12.7 Å². The average Bonchev–Trinajstić information content (AvgIpc) is 2.86. The zero-order valence-electron chi connectivity index (χ0n) is 18.4. The van der Waals surface area contributed by atoms with Crippen molar-refractivity contribution >= 4 is 39.6 Å². The maximum atomic E-state index is 12.3. The molecule has 0 spiro atoms. The van der Waals surface area contributed by atoms with Gasteiger partial charge in [0.25, 0.3) is 10.2 Å². The summed E-state index contributed by atoms with van der Waals surface area (Å²) in [7, 11) is -3.63. The van der Waals surface area contributed by atoms with Gasteiger partial charge in [0.2, 0.25) is 0 Å². The highest BCUT2D eigenvalue weighted by Crippen LogP contribution is 2.11. The molecule has 1 fully saturated rings. The van der Waals surface area contributed by atoms with E-state index in [-0.39, 0.29) is 18.9 Å². The number of carbonyl (C=O) groups excluding carboxylic acids is 3. The predicted molar refractivity (Wildman–Crippen MR) is 127 cm³/mol. The summed E-state index contributed by atoms with van der Waals surface area (Å²) >= 11 is 0. The van der Waals surface area contributed by atoms with Crippen LogP contribution in [0.15, 0.2) is 54.7 Å². The number of anilines is 1. The van der Waals surface area contributed by atoms with Gasteiger partial charge in [-0.25, -0.2) is 4.72 Å². The summed E-state index contributed by atoms with van der Waals surface area (Å²) < 4.78 is 28.0. The van der Waals surface area contributed by atoms with E-state index in [2.05, 4.69) is 25.7 Å². The Morgan fingerprint density at radius 1 is 1.00 bits per heavy atom. The number of ketones is 1. The minimum absolute atomic E-state index is 0.0475. The summed E-state index contributed by atoms with van der Waals surface area (Å²) in [5, 5.41) is 7.86. The van der Waals surface area contributed by atoms with Crippen LogP contribution in [0.3, 0.4) is 0 Å². The van der Waals surface area contributed by atoms with Gasteiger partial charge in [-0.05, 0) is 48.6 Å². The fourth-order valence-corrected chi connectivity index (χ4v) is 4.26. The molecule has 0 saturated carbocycles. The minimum atomic E-state index is -3.63. The van der Waals surface area contributed by atoms with Gasteiger partial charge in [0.15, 0.2) is 5.78 Å². The maximum absolute atomic E-state index is 12.3. The number of pyridine rings is 1. The molecule has 1 aliphatic rings. The topological polar surface area (TPSA) is 150 Å². The van der Waals surface area contributed by atoms with Crippen molar-refractivity contribution in [1.29, 1.82) is 0 Å². The molecular formula is C22H26N6O5S. The van der Waals surface area contributed by atoms with E-state index in [1.807, 2.05) is 6.07 Å². The lowest BCUT2D eigenvalue weighted by atomic mass is 10.1. The minimum Gasteiger partial charge on any atom is -0.347 e. The van der Waals surface area contributed by atoms with Gasteiger partial charge in [-0.3, -0.25) is 19.4 Å². The molecule has 0 unspecified atom stereocenters. The summed E-state index contributed by atoms with van der Waals surface area (Å²) in [4.78, 5) is 40.4. The number of piperazine rings is 1. The third-order valence-corrected chi connectivity index (χ3v) is 6.45. The van der Waals surface area contributed by atoms with Crippen molar-refractivity contribution in [3.05, 3.63) is 66.0 Å². The molecule has 1 saturated heterocycles. The SMILES string of the molecule is O=C(NCCNS(=O)(=O)N1CCNCC1)C(=O)Nc1ccc(C(=O)/C=C/c2ccccn2)cc1. The molecule has 12 heteroatoms. The van der Waals surface area contributed by atoms with E-state index < -0.39 is 22.0 Å². The third-order valence-electron chi connectivity index (χ3n) is 4.84. The number of carbonyl (C=O) groups is 3. The van der Waals surface area contributed by atoms with Crippen molar-refractivity contribution in [2.24, 2.45) is 0 Å². The van der Waals surface area contributed by atoms with Gasteiger partial charge in [0.1, 0.15) is 0 Å². The van der Waals surface area contributed by atoms with Gasteiger partial charge in [0.05, 0.1) is 5.69 Å². The number of hydrogen-bond acceptors (Lipinski definition) is 7. The molecule has 3 rings (SSSR count). The highest BCUT2D eigenvalue weighted by molar-refractivity contribution is 7.87. The highest BCUT2D eigenvalue weighted by Gasteiger charge is 2.23. The Kier molecular flexibility index (Phi) is 8.99. The lowest BCUT2D eigenvalue weighted by molar-refractivity contribution is -0.136. The van der Waals surface area contributed by atoms with E-state index in [1.165, 1.54) is 34.6 Å². The van der Waals surface area contributed by atoms with E-state index in [0.29, 0.717) is 43.1 Å². The normalized spacial score (nSPS) is 14.6. The van der Waals surface area contributed by atoms with Crippen molar-refractivity contribution in [2.75, 3.05) is 44.6 Å². The first-order chi connectivity index (χ1) is 16.3. The lowest BCUT2D eigenvalue weighted by Crippen LogP contribution is -2.51. The average molecular weight is 487 g/mol. The molecule has 1 aromatic carbocycles. The molecule has 11 nitrogen and oxygen atoms in total. The molecule has 0 aliphatic carbocycles. The van der Waals surface area contributed by atoms with Crippen molar-refractivity contribution in [3.63, 3.8) is 0 Å². The van der Waals surface area contributed by atoms with Crippen LogP contribution >= 0.6 is 0 Å². The molecule has 34 heavy (non-hydrogen) atoms. The Morgan fingerprint density at radius 2 is 1.74 bits per heavy atom. The Balaban J connectivity index is 1.41. The molecule has 0 bridgehead atoms. The quantitative estimate of drug-likeness (QED) is 0.166. The summed E-state index contributed by atoms with van der Waals surface area (Å²) in [5.41, 5.74) is 1.40. The van der Waals surface area contributed by atoms with Crippen molar-refractivity contribution in [3.8, 4) is 0 Å². The van der Waals surface area contributed by atoms with Crippen molar-refractivity contribution < 1.29 is 22.8 Å². The second-order valence-corrected chi connectivity index (χ2v) is 9.04. The summed E-state index contributed by atoms with van der Waals surface area (Å²) in [6.07, 6.45) is 4.63. The highest BCUT2D eigenvalue weighted by atomic mass is 32.2. The molecular weight excluding hydrogens is 460 g/mol. The summed E-state index contributed by atoms with van der Waals surface area (Å²) in [6.45, 7) is 1.80. The standard InChI is InChI=1S/C22H26N6O5S/c29-20(9-8-18-3-1-2-10-24-18)17-4-6-19(7-5-17)27-22(31)21(30)25-11-12-26-34(32,33)28-15-13-23-14-16-28/h1-10,23,26H,11-16H2,(H,25,30)(H,27,31)/b9-8+. The van der Waals surface area contributed by atoms with Gasteiger partial charge in [0, 0.05) is 56.7 Å². The largest absolute Gasteiger partial charge is 0.347 e. The number of amides is 2. The third kappa shape index (κ3) is 7.56. The second-order valence-electron chi connectivity index (χ2n) is 7.29. The van der Waals surface area contributed by atoms with Crippen molar-refractivity contribution in [2.45, 2.75) is 0 Å². The molecule has 1 aromatic heterocycles. The smallest absolute Gasteiger partial charge is 0.313 e. The molecule has 2 amide bonds. The Morgan fingerprint density at radius 3 is 2.41 bits per heavy atom. The Hall–Kier alpha value is -3.45. The Labute approximate surface area is 197 Å².